The molecule has 106 valence electrons. The van der Waals surface area contributed by atoms with Gasteiger partial charge in [-0.2, -0.15) is 0 Å². The number of carbonyl (C=O) groups excluding carboxylic acids is 3. The SMILES string of the molecule is CC(C)NC(=O)N(CC=O)C(=O)C=Cc1ccccn1. The zero-order chi connectivity index (χ0) is 15.0. The molecule has 0 aliphatic rings. The summed E-state index contributed by atoms with van der Waals surface area (Å²) in [5, 5.41) is 2.56. The highest BCUT2D eigenvalue weighted by Gasteiger charge is 2.19. The molecule has 6 nitrogen and oxygen atoms in total. The van der Waals surface area contributed by atoms with Crippen LogP contribution in [-0.2, 0) is 9.59 Å². The Morgan fingerprint density at radius 2 is 2.15 bits per heavy atom. The number of urea groups is 1. The molecule has 1 aromatic rings. The molecule has 1 heterocycles. The lowest BCUT2D eigenvalue weighted by Crippen LogP contribution is -2.46. The zero-order valence-electron chi connectivity index (χ0n) is 11.4. The maximum Gasteiger partial charge on any atom is 0.324 e. The van der Waals surface area contributed by atoms with Gasteiger partial charge in [-0.25, -0.2) is 4.79 Å². The molecule has 0 saturated carbocycles. The molecule has 0 unspecified atom stereocenters. The maximum absolute atomic E-state index is 11.9. The van der Waals surface area contributed by atoms with Crippen molar-refractivity contribution in [1.82, 2.24) is 15.2 Å². The Morgan fingerprint density at radius 3 is 2.70 bits per heavy atom. The molecule has 0 bridgehead atoms. The van der Waals surface area contributed by atoms with E-state index in [4.69, 9.17) is 0 Å². The fourth-order valence-electron chi connectivity index (χ4n) is 1.39. The number of nitrogens with zero attached hydrogens (tertiary/aromatic N) is 2. The average molecular weight is 275 g/mol. The van der Waals surface area contributed by atoms with Gasteiger partial charge in [0.1, 0.15) is 6.29 Å². The molecule has 3 amide bonds. The lowest BCUT2D eigenvalue weighted by atomic mass is 10.3. The Bertz CT molecular complexity index is 498. The molecule has 0 radical (unpaired) electrons. The molecule has 6 heteroatoms. The van der Waals surface area contributed by atoms with Crippen LogP contribution in [0.25, 0.3) is 6.08 Å². The number of imide groups is 1. The second-order valence-corrected chi connectivity index (χ2v) is 4.31. The zero-order valence-corrected chi connectivity index (χ0v) is 11.4. The van der Waals surface area contributed by atoms with E-state index < -0.39 is 11.9 Å². The molecular weight excluding hydrogens is 258 g/mol. The lowest BCUT2D eigenvalue weighted by molar-refractivity contribution is -0.125. The topological polar surface area (TPSA) is 79.4 Å². The Morgan fingerprint density at radius 1 is 1.40 bits per heavy atom. The van der Waals surface area contributed by atoms with Crippen molar-refractivity contribution >= 4 is 24.3 Å². The quantitative estimate of drug-likeness (QED) is 0.647. The normalized spacial score (nSPS) is 10.6. The molecule has 0 spiro atoms. The summed E-state index contributed by atoms with van der Waals surface area (Å²) in [4.78, 5) is 39.1. The first-order chi connectivity index (χ1) is 9.54. The van der Waals surface area contributed by atoms with Crippen molar-refractivity contribution in [3.05, 3.63) is 36.2 Å². The van der Waals surface area contributed by atoms with E-state index in [2.05, 4.69) is 10.3 Å². The van der Waals surface area contributed by atoms with Crippen LogP contribution in [0.2, 0.25) is 0 Å². The molecule has 0 saturated heterocycles. The highest BCUT2D eigenvalue weighted by atomic mass is 16.2. The van der Waals surface area contributed by atoms with Crippen molar-refractivity contribution in [1.29, 1.82) is 0 Å². The number of hydrogen-bond donors (Lipinski definition) is 1. The maximum atomic E-state index is 11.9. The fourth-order valence-corrected chi connectivity index (χ4v) is 1.39. The summed E-state index contributed by atoms with van der Waals surface area (Å²) in [5.74, 6) is -0.569. The number of nitrogens with one attached hydrogen (secondary N) is 1. The lowest BCUT2D eigenvalue weighted by Gasteiger charge is -2.18. The summed E-state index contributed by atoms with van der Waals surface area (Å²) in [6.45, 7) is 3.25. The Balaban J connectivity index is 2.76. The van der Waals surface area contributed by atoms with E-state index in [0.29, 0.717) is 12.0 Å². The van der Waals surface area contributed by atoms with Gasteiger partial charge < -0.3 is 10.1 Å². The van der Waals surface area contributed by atoms with E-state index in [9.17, 15) is 14.4 Å². The summed E-state index contributed by atoms with van der Waals surface area (Å²) in [6, 6.07) is 4.55. The second-order valence-electron chi connectivity index (χ2n) is 4.31. The van der Waals surface area contributed by atoms with E-state index in [1.54, 1.807) is 38.2 Å². The van der Waals surface area contributed by atoms with Crippen molar-refractivity contribution < 1.29 is 14.4 Å². The number of aromatic nitrogens is 1. The molecule has 20 heavy (non-hydrogen) atoms. The summed E-state index contributed by atoms with van der Waals surface area (Å²) >= 11 is 0. The van der Waals surface area contributed by atoms with Gasteiger partial charge in [0.2, 0.25) is 0 Å². The average Bonchev–Trinajstić information content (AvgIpc) is 2.42. The standard InChI is InChI=1S/C14H17N3O3/c1-11(2)16-14(20)17(9-10-18)13(19)7-6-12-5-3-4-8-15-12/h3-8,10-11H,9H2,1-2H3,(H,16,20). The molecule has 0 aromatic carbocycles. The van der Waals surface area contributed by atoms with Crippen LogP contribution >= 0.6 is 0 Å². The summed E-state index contributed by atoms with van der Waals surface area (Å²) in [7, 11) is 0. The molecule has 1 N–H and O–H groups in total. The van der Waals surface area contributed by atoms with E-state index in [-0.39, 0.29) is 12.6 Å². The van der Waals surface area contributed by atoms with Crippen LogP contribution in [0.1, 0.15) is 19.5 Å². The van der Waals surface area contributed by atoms with E-state index >= 15 is 0 Å². The van der Waals surface area contributed by atoms with E-state index in [1.165, 1.54) is 12.2 Å². The number of hydrogen-bond acceptors (Lipinski definition) is 4. The first-order valence-electron chi connectivity index (χ1n) is 6.19. The summed E-state index contributed by atoms with van der Waals surface area (Å²) < 4.78 is 0. The van der Waals surface area contributed by atoms with Crippen LogP contribution in [0, 0.1) is 0 Å². The molecule has 0 atom stereocenters. The van der Waals surface area contributed by atoms with Gasteiger partial charge in [0.05, 0.1) is 12.2 Å². The van der Waals surface area contributed by atoms with Gasteiger partial charge in [-0.3, -0.25) is 14.7 Å². The molecular formula is C14H17N3O3. The predicted molar refractivity (Wildman–Crippen MR) is 74.7 cm³/mol. The highest BCUT2D eigenvalue weighted by Crippen LogP contribution is 1.99. The molecule has 1 rings (SSSR count). The number of pyridine rings is 1. The molecule has 1 aromatic heterocycles. The van der Waals surface area contributed by atoms with E-state index in [1.807, 2.05) is 0 Å². The number of carbonyl (C=O) groups is 3. The Kier molecular flexibility index (Phi) is 6.09. The first kappa shape index (κ1) is 15.6. The van der Waals surface area contributed by atoms with Gasteiger partial charge >= 0.3 is 6.03 Å². The largest absolute Gasteiger partial charge is 0.335 e. The molecule has 0 aliphatic heterocycles. The third-order valence-electron chi connectivity index (χ3n) is 2.26. The van der Waals surface area contributed by atoms with Gasteiger partial charge in [0.25, 0.3) is 5.91 Å². The number of aldehydes is 1. The van der Waals surface area contributed by atoms with Crippen LogP contribution < -0.4 is 5.32 Å². The van der Waals surface area contributed by atoms with Gasteiger partial charge in [0, 0.05) is 18.3 Å². The van der Waals surface area contributed by atoms with Crippen LogP contribution in [0.15, 0.2) is 30.5 Å². The van der Waals surface area contributed by atoms with Crippen LogP contribution in [-0.4, -0.2) is 40.7 Å². The minimum atomic E-state index is -0.595. The summed E-state index contributed by atoms with van der Waals surface area (Å²) in [5.41, 5.74) is 0.594. The number of amides is 3. The Hall–Kier alpha value is -2.50. The van der Waals surface area contributed by atoms with Crippen molar-refractivity contribution in [2.24, 2.45) is 0 Å². The fraction of sp³-hybridized carbons (Fsp3) is 0.286. The molecule has 0 fully saturated rings. The minimum Gasteiger partial charge on any atom is -0.335 e. The van der Waals surface area contributed by atoms with Crippen molar-refractivity contribution in [3.8, 4) is 0 Å². The van der Waals surface area contributed by atoms with Crippen LogP contribution in [0.5, 0.6) is 0 Å². The van der Waals surface area contributed by atoms with Crippen molar-refractivity contribution in [2.75, 3.05) is 6.54 Å². The third-order valence-corrected chi connectivity index (χ3v) is 2.26. The van der Waals surface area contributed by atoms with Gasteiger partial charge in [-0.15, -0.1) is 0 Å². The second kappa shape index (κ2) is 7.83. The third kappa shape index (κ3) is 5.01. The van der Waals surface area contributed by atoms with Crippen LogP contribution in [0.3, 0.4) is 0 Å². The van der Waals surface area contributed by atoms with Gasteiger partial charge in [0.15, 0.2) is 0 Å². The smallest absolute Gasteiger partial charge is 0.324 e. The monoisotopic (exact) mass is 275 g/mol. The van der Waals surface area contributed by atoms with Crippen LogP contribution in [0.4, 0.5) is 4.79 Å². The highest BCUT2D eigenvalue weighted by molar-refractivity contribution is 6.03. The predicted octanol–water partition coefficient (Wildman–Crippen LogP) is 1.24. The Labute approximate surface area is 117 Å². The first-order valence-corrected chi connectivity index (χ1v) is 6.19. The molecule has 0 aliphatic carbocycles. The van der Waals surface area contributed by atoms with Gasteiger partial charge in [-0.05, 0) is 32.1 Å². The van der Waals surface area contributed by atoms with Crippen molar-refractivity contribution in [2.45, 2.75) is 19.9 Å². The minimum absolute atomic E-state index is 0.121. The number of rotatable bonds is 5. The van der Waals surface area contributed by atoms with Crippen molar-refractivity contribution in [3.63, 3.8) is 0 Å². The summed E-state index contributed by atoms with van der Waals surface area (Å²) in [6.07, 6.45) is 4.81. The van der Waals surface area contributed by atoms with Gasteiger partial charge in [-0.1, -0.05) is 6.07 Å². The van der Waals surface area contributed by atoms with E-state index in [0.717, 1.165) is 4.90 Å².